The average molecular weight is 342 g/mol. The van der Waals surface area contributed by atoms with Crippen LogP contribution in [0.4, 0.5) is 0 Å². The number of hydrogen-bond donors (Lipinski definition) is 0. The lowest BCUT2D eigenvalue weighted by atomic mass is 10.1. The zero-order chi connectivity index (χ0) is 18.2. The van der Waals surface area contributed by atoms with Crippen molar-refractivity contribution in [2.45, 2.75) is 0 Å². The van der Waals surface area contributed by atoms with Crippen LogP contribution in [0.5, 0.6) is 5.75 Å². The second-order valence-electron chi connectivity index (χ2n) is 5.68. The molecule has 0 N–H and O–H groups in total. The van der Waals surface area contributed by atoms with Gasteiger partial charge in [-0.05, 0) is 18.2 Å². The fourth-order valence-corrected chi connectivity index (χ4v) is 2.46. The van der Waals surface area contributed by atoms with Crippen LogP contribution < -0.4 is 4.74 Å². The Labute approximate surface area is 152 Å². The molecule has 3 nitrogen and oxygen atoms in total. The molecule has 0 aromatic heterocycles. The lowest BCUT2D eigenvalue weighted by Crippen LogP contribution is -2.11. The standard InChI is InChI=1S/C23H18O3/c24-21(18-9-3-1-4-10-18)16-15-20-13-7-8-14-23(20)26-17-22(25)19-11-5-2-6-12-19/h1-16H,17H2/b16-15+. The van der Waals surface area contributed by atoms with Crippen LogP contribution >= 0.6 is 0 Å². The van der Waals surface area contributed by atoms with Gasteiger partial charge in [-0.3, -0.25) is 9.59 Å². The maximum Gasteiger partial charge on any atom is 0.200 e. The second kappa shape index (κ2) is 8.58. The predicted octanol–water partition coefficient (Wildman–Crippen LogP) is 4.84. The number of para-hydroxylation sites is 1. The van der Waals surface area contributed by atoms with E-state index in [-0.39, 0.29) is 18.2 Å². The highest BCUT2D eigenvalue weighted by atomic mass is 16.5. The zero-order valence-electron chi connectivity index (χ0n) is 14.2. The SMILES string of the molecule is O=C(/C=C/c1ccccc1OCC(=O)c1ccccc1)c1ccccc1. The molecular formula is C23H18O3. The molecule has 128 valence electrons. The molecule has 0 unspecified atom stereocenters. The predicted molar refractivity (Wildman–Crippen MR) is 103 cm³/mol. The number of ketones is 2. The Morgan fingerprint density at radius 2 is 1.31 bits per heavy atom. The molecule has 3 aromatic rings. The second-order valence-corrected chi connectivity index (χ2v) is 5.68. The highest BCUT2D eigenvalue weighted by molar-refractivity contribution is 6.06. The molecule has 3 rings (SSSR count). The van der Waals surface area contributed by atoms with Gasteiger partial charge in [0.1, 0.15) is 5.75 Å². The van der Waals surface area contributed by atoms with Gasteiger partial charge in [-0.1, -0.05) is 78.9 Å². The average Bonchev–Trinajstić information content (AvgIpc) is 2.72. The highest BCUT2D eigenvalue weighted by Crippen LogP contribution is 2.20. The smallest absolute Gasteiger partial charge is 0.200 e. The molecule has 3 heteroatoms. The van der Waals surface area contributed by atoms with E-state index in [0.29, 0.717) is 16.9 Å². The van der Waals surface area contributed by atoms with Gasteiger partial charge < -0.3 is 4.74 Å². The van der Waals surface area contributed by atoms with Crippen molar-refractivity contribution in [3.63, 3.8) is 0 Å². The van der Waals surface area contributed by atoms with E-state index < -0.39 is 0 Å². The molecular weight excluding hydrogens is 324 g/mol. The zero-order valence-corrected chi connectivity index (χ0v) is 14.2. The highest BCUT2D eigenvalue weighted by Gasteiger charge is 2.08. The van der Waals surface area contributed by atoms with E-state index in [1.807, 2.05) is 54.6 Å². The summed E-state index contributed by atoms with van der Waals surface area (Å²) in [5, 5.41) is 0. The molecule has 0 aliphatic carbocycles. The Kier molecular flexibility index (Phi) is 5.73. The van der Waals surface area contributed by atoms with Gasteiger partial charge in [0.05, 0.1) is 0 Å². The minimum atomic E-state index is -0.0928. The van der Waals surface area contributed by atoms with E-state index in [1.165, 1.54) is 6.08 Å². The third kappa shape index (κ3) is 4.54. The van der Waals surface area contributed by atoms with E-state index >= 15 is 0 Å². The summed E-state index contributed by atoms with van der Waals surface area (Å²) in [6.07, 6.45) is 3.22. The Balaban J connectivity index is 1.69. The van der Waals surface area contributed by atoms with Crippen molar-refractivity contribution < 1.29 is 14.3 Å². The summed E-state index contributed by atoms with van der Waals surface area (Å²) in [5.74, 6) is 0.388. The summed E-state index contributed by atoms with van der Waals surface area (Å²) in [6, 6.07) is 25.4. The lowest BCUT2D eigenvalue weighted by molar-refractivity contribution is 0.0921. The summed E-state index contributed by atoms with van der Waals surface area (Å²) in [6.45, 7) is -0.0541. The molecule has 0 atom stereocenters. The van der Waals surface area contributed by atoms with Gasteiger partial charge in [0.25, 0.3) is 0 Å². The fraction of sp³-hybridized carbons (Fsp3) is 0.0435. The molecule has 0 spiro atoms. The van der Waals surface area contributed by atoms with Crippen LogP contribution in [0.25, 0.3) is 6.08 Å². The van der Waals surface area contributed by atoms with Crippen molar-refractivity contribution >= 4 is 17.6 Å². The number of ether oxygens (including phenoxy) is 1. The molecule has 26 heavy (non-hydrogen) atoms. The quantitative estimate of drug-likeness (QED) is 0.456. The largest absolute Gasteiger partial charge is 0.485 e. The first-order valence-electron chi connectivity index (χ1n) is 8.31. The molecule has 0 fully saturated rings. The molecule has 0 saturated carbocycles. The summed E-state index contributed by atoms with van der Waals surface area (Å²) in [5.41, 5.74) is 1.99. The first-order chi connectivity index (χ1) is 12.7. The Morgan fingerprint density at radius 3 is 2.00 bits per heavy atom. The number of Topliss-reactive ketones (excluding diaryl/α,β-unsaturated/α-hetero) is 1. The molecule has 0 radical (unpaired) electrons. The molecule has 0 bridgehead atoms. The first kappa shape index (κ1) is 17.4. The third-order valence-electron chi connectivity index (χ3n) is 3.85. The van der Waals surface area contributed by atoms with Gasteiger partial charge in [0.2, 0.25) is 0 Å². The normalized spacial score (nSPS) is 10.6. The number of allylic oxidation sites excluding steroid dienone is 1. The van der Waals surface area contributed by atoms with E-state index in [9.17, 15) is 9.59 Å². The fourth-order valence-electron chi connectivity index (χ4n) is 2.46. The molecule has 0 heterocycles. The molecule has 0 amide bonds. The van der Waals surface area contributed by atoms with Crippen LogP contribution in [-0.4, -0.2) is 18.2 Å². The van der Waals surface area contributed by atoms with Gasteiger partial charge >= 0.3 is 0 Å². The van der Waals surface area contributed by atoms with Crippen LogP contribution in [0.3, 0.4) is 0 Å². The molecule has 0 aliphatic rings. The summed E-state index contributed by atoms with van der Waals surface area (Å²) in [4.78, 5) is 24.4. The number of rotatable bonds is 7. The lowest BCUT2D eigenvalue weighted by Gasteiger charge is -2.08. The summed E-state index contributed by atoms with van der Waals surface area (Å²) in [7, 11) is 0. The monoisotopic (exact) mass is 342 g/mol. The topological polar surface area (TPSA) is 43.4 Å². The van der Waals surface area contributed by atoms with Crippen molar-refractivity contribution in [1.82, 2.24) is 0 Å². The Bertz CT molecular complexity index is 912. The molecule has 3 aromatic carbocycles. The van der Waals surface area contributed by atoms with E-state index in [1.54, 1.807) is 36.4 Å². The van der Waals surface area contributed by atoms with Gasteiger partial charge in [0.15, 0.2) is 18.2 Å². The minimum absolute atomic E-state index is 0.0541. The van der Waals surface area contributed by atoms with Crippen molar-refractivity contribution in [3.8, 4) is 5.75 Å². The molecule has 0 saturated heterocycles. The van der Waals surface area contributed by atoms with Crippen LogP contribution in [0, 0.1) is 0 Å². The summed E-state index contributed by atoms with van der Waals surface area (Å²) >= 11 is 0. The van der Waals surface area contributed by atoms with Crippen molar-refractivity contribution in [2.75, 3.05) is 6.61 Å². The number of carbonyl (C=O) groups is 2. The van der Waals surface area contributed by atoms with E-state index in [0.717, 1.165) is 5.56 Å². The summed E-state index contributed by atoms with van der Waals surface area (Å²) < 4.78 is 5.68. The van der Waals surface area contributed by atoms with Crippen molar-refractivity contribution in [1.29, 1.82) is 0 Å². The van der Waals surface area contributed by atoms with Gasteiger partial charge in [-0.15, -0.1) is 0 Å². The van der Waals surface area contributed by atoms with Crippen LogP contribution in [-0.2, 0) is 0 Å². The Hall–Kier alpha value is -3.46. The number of carbonyl (C=O) groups excluding carboxylic acids is 2. The van der Waals surface area contributed by atoms with Gasteiger partial charge in [-0.2, -0.15) is 0 Å². The van der Waals surface area contributed by atoms with Gasteiger partial charge in [-0.25, -0.2) is 0 Å². The molecule has 0 aliphatic heterocycles. The van der Waals surface area contributed by atoms with Crippen LogP contribution in [0.1, 0.15) is 26.3 Å². The van der Waals surface area contributed by atoms with Gasteiger partial charge in [0, 0.05) is 16.7 Å². The number of hydrogen-bond acceptors (Lipinski definition) is 3. The van der Waals surface area contributed by atoms with E-state index in [2.05, 4.69) is 0 Å². The Morgan fingerprint density at radius 1 is 0.731 bits per heavy atom. The first-order valence-corrected chi connectivity index (χ1v) is 8.31. The van der Waals surface area contributed by atoms with E-state index in [4.69, 9.17) is 4.74 Å². The number of benzene rings is 3. The minimum Gasteiger partial charge on any atom is -0.485 e. The van der Waals surface area contributed by atoms with Crippen molar-refractivity contribution in [3.05, 3.63) is 108 Å². The van der Waals surface area contributed by atoms with Crippen LogP contribution in [0.2, 0.25) is 0 Å². The van der Waals surface area contributed by atoms with Crippen molar-refractivity contribution in [2.24, 2.45) is 0 Å². The maximum absolute atomic E-state index is 12.2. The maximum atomic E-state index is 12.2. The third-order valence-corrected chi connectivity index (χ3v) is 3.85. The van der Waals surface area contributed by atoms with Crippen LogP contribution in [0.15, 0.2) is 91.0 Å².